The number of anilines is 1. The molecule has 0 spiro atoms. The van der Waals surface area contributed by atoms with Crippen molar-refractivity contribution >= 4 is 17.7 Å². The molecule has 0 aliphatic carbocycles. The van der Waals surface area contributed by atoms with Gasteiger partial charge in [-0.25, -0.2) is 4.79 Å². The molecule has 1 aliphatic rings. The molecule has 26 heavy (non-hydrogen) atoms. The van der Waals surface area contributed by atoms with Crippen LogP contribution in [-0.2, 0) is 4.74 Å². The highest BCUT2D eigenvalue weighted by Gasteiger charge is 2.32. The van der Waals surface area contributed by atoms with Crippen molar-refractivity contribution in [1.29, 1.82) is 0 Å². The highest BCUT2D eigenvalue weighted by atomic mass is 16.6. The molecule has 2 aromatic carbocycles. The van der Waals surface area contributed by atoms with Crippen LogP contribution in [0.5, 0.6) is 5.75 Å². The van der Waals surface area contributed by atoms with E-state index in [1.54, 1.807) is 36.3 Å². The molecule has 1 unspecified atom stereocenters. The van der Waals surface area contributed by atoms with Crippen molar-refractivity contribution in [3.8, 4) is 5.75 Å². The minimum Gasteiger partial charge on any atom is -0.497 e. The number of carbonyl (C=O) groups excluding carboxylic acids is 2. The van der Waals surface area contributed by atoms with Gasteiger partial charge in [0.1, 0.15) is 11.9 Å². The molecule has 1 N–H and O–H groups in total. The zero-order valence-corrected chi connectivity index (χ0v) is 15.1. The van der Waals surface area contributed by atoms with Crippen LogP contribution in [0.2, 0.25) is 0 Å². The Bertz CT molecular complexity index is 797. The zero-order chi connectivity index (χ0) is 18.7. The van der Waals surface area contributed by atoms with E-state index in [0.717, 1.165) is 16.8 Å². The van der Waals surface area contributed by atoms with Crippen LogP contribution < -0.4 is 15.0 Å². The predicted octanol–water partition coefficient (Wildman–Crippen LogP) is 3.07. The highest BCUT2D eigenvalue weighted by molar-refractivity contribution is 5.94. The van der Waals surface area contributed by atoms with E-state index in [4.69, 9.17) is 9.47 Å². The molecule has 1 aliphatic heterocycles. The smallest absolute Gasteiger partial charge is 0.414 e. The summed E-state index contributed by atoms with van der Waals surface area (Å²) in [6, 6.07) is 12.8. The molecule has 1 atom stereocenters. The number of carbonyl (C=O) groups is 2. The molecule has 0 radical (unpaired) electrons. The lowest BCUT2D eigenvalue weighted by atomic mass is 10.1. The van der Waals surface area contributed by atoms with Crippen molar-refractivity contribution < 1.29 is 19.1 Å². The van der Waals surface area contributed by atoms with E-state index in [9.17, 15) is 9.59 Å². The van der Waals surface area contributed by atoms with Crippen molar-refractivity contribution in [3.05, 3.63) is 59.2 Å². The normalized spacial score (nSPS) is 16.3. The first kappa shape index (κ1) is 17.8. The Labute approximate surface area is 152 Å². The average Bonchev–Trinajstić information content (AvgIpc) is 3.00. The second kappa shape index (κ2) is 7.47. The molecule has 2 aromatic rings. The summed E-state index contributed by atoms with van der Waals surface area (Å²) >= 11 is 0. The molecule has 1 heterocycles. The van der Waals surface area contributed by atoms with Gasteiger partial charge in [0, 0.05) is 11.3 Å². The maximum Gasteiger partial charge on any atom is 0.414 e. The third kappa shape index (κ3) is 3.96. The van der Waals surface area contributed by atoms with Gasteiger partial charge in [-0.1, -0.05) is 6.07 Å². The second-order valence-corrected chi connectivity index (χ2v) is 6.40. The zero-order valence-electron chi connectivity index (χ0n) is 15.1. The maximum atomic E-state index is 12.2. The lowest BCUT2D eigenvalue weighted by molar-refractivity contribution is 0.0916. The van der Waals surface area contributed by atoms with Crippen LogP contribution in [0.4, 0.5) is 10.5 Å². The van der Waals surface area contributed by atoms with Crippen LogP contribution in [0.1, 0.15) is 21.5 Å². The van der Waals surface area contributed by atoms with E-state index in [2.05, 4.69) is 11.4 Å². The molecule has 1 saturated heterocycles. The number of hydrogen-bond donors (Lipinski definition) is 1. The van der Waals surface area contributed by atoms with Crippen molar-refractivity contribution in [2.24, 2.45) is 0 Å². The lowest BCUT2D eigenvalue weighted by Gasteiger charge is -2.14. The molecule has 1 fully saturated rings. The first-order chi connectivity index (χ1) is 12.5. The Morgan fingerprint density at radius 1 is 1.19 bits per heavy atom. The number of aryl methyl sites for hydroxylation is 2. The summed E-state index contributed by atoms with van der Waals surface area (Å²) in [5.74, 6) is 0.476. The molecular weight excluding hydrogens is 332 g/mol. The Kier molecular flexibility index (Phi) is 5.11. The summed E-state index contributed by atoms with van der Waals surface area (Å²) in [5.41, 5.74) is 3.52. The Balaban J connectivity index is 1.59. The number of methoxy groups -OCH3 is 1. The van der Waals surface area contributed by atoms with Gasteiger partial charge in [-0.15, -0.1) is 0 Å². The topological polar surface area (TPSA) is 67.9 Å². The predicted molar refractivity (Wildman–Crippen MR) is 98.9 cm³/mol. The molecule has 2 amide bonds. The van der Waals surface area contributed by atoms with Crippen molar-refractivity contribution in [2.45, 2.75) is 20.0 Å². The molecular formula is C20H22N2O4. The number of hydrogen-bond acceptors (Lipinski definition) is 4. The third-order valence-corrected chi connectivity index (χ3v) is 4.23. The number of cyclic esters (lactones) is 1. The monoisotopic (exact) mass is 354 g/mol. The summed E-state index contributed by atoms with van der Waals surface area (Å²) in [6.45, 7) is 4.65. The summed E-state index contributed by atoms with van der Waals surface area (Å²) in [7, 11) is 1.57. The third-order valence-electron chi connectivity index (χ3n) is 4.23. The van der Waals surface area contributed by atoms with E-state index in [0.29, 0.717) is 17.9 Å². The van der Waals surface area contributed by atoms with E-state index in [1.807, 2.05) is 26.0 Å². The summed E-state index contributed by atoms with van der Waals surface area (Å²) in [5, 5.41) is 2.81. The van der Waals surface area contributed by atoms with Gasteiger partial charge in [-0.2, -0.15) is 0 Å². The van der Waals surface area contributed by atoms with Gasteiger partial charge in [0.15, 0.2) is 0 Å². The Morgan fingerprint density at radius 2 is 1.85 bits per heavy atom. The standard InChI is InChI=1S/C20H22N2O4/c1-13-8-14(2)10-16(9-13)22-12-18(26-20(22)24)11-21-19(23)15-4-6-17(25-3)7-5-15/h4-10,18H,11-12H2,1-3H3,(H,21,23). The fraction of sp³-hybridized carbons (Fsp3) is 0.300. The fourth-order valence-electron chi connectivity index (χ4n) is 3.00. The molecule has 6 heteroatoms. The number of benzene rings is 2. The van der Waals surface area contributed by atoms with Crippen LogP contribution >= 0.6 is 0 Å². The van der Waals surface area contributed by atoms with E-state index in [1.165, 1.54) is 0 Å². The van der Waals surface area contributed by atoms with E-state index >= 15 is 0 Å². The molecule has 0 saturated carbocycles. The summed E-state index contributed by atoms with van der Waals surface area (Å²) < 4.78 is 10.5. The van der Waals surface area contributed by atoms with Crippen LogP contribution in [0.3, 0.4) is 0 Å². The summed E-state index contributed by atoms with van der Waals surface area (Å²) in [6.07, 6.45) is -0.774. The first-order valence-electron chi connectivity index (χ1n) is 8.45. The maximum absolute atomic E-state index is 12.2. The average molecular weight is 354 g/mol. The van der Waals surface area contributed by atoms with Crippen LogP contribution in [0, 0.1) is 13.8 Å². The SMILES string of the molecule is COc1ccc(C(=O)NCC2CN(c3cc(C)cc(C)c3)C(=O)O2)cc1. The van der Waals surface area contributed by atoms with E-state index in [-0.39, 0.29) is 18.6 Å². The molecule has 0 bridgehead atoms. The molecule has 3 rings (SSSR count). The molecule has 136 valence electrons. The second-order valence-electron chi connectivity index (χ2n) is 6.40. The fourth-order valence-corrected chi connectivity index (χ4v) is 3.00. The van der Waals surface area contributed by atoms with Crippen molar-refractivity contribution in [3.63, 3.8) is 0 Å². The number of amides is 2. The van der Waals surface area contributed by atoms with Gasteiger partial charge in [0.2, 0.25) is 0 Å². The lowest BCUT2D eigenvalue weighted by Crippen LogP contribution is -2.34. The Morgan fingerprint density at radius 3 is 2.46 bits per heavy atom. The Hall–Kier alpha value is -3.02. The first-order valence-corrected chi connectivity index (χ1v) is 8.45. The largest absolute Gasteiger partial charge is 0.497 e. The van der Waals surface area contributed by atoms with Gasteiger partial charge in [-0.05, 0) is 61.4 Å². The number of nitrogens with zero attached hydrogens (tertiary/aromatic N) is 1. The molecule has 6 nitrogen and oxygen atoms in total. The quantitative estimate of drug-likeness (QED) is 0.896. The van der Waals surface area contributed by atoms with Crippen LogP contribution in [0.15, 0.2) is 42.5 Å². The van der Waals surface area contributed by atoms with Gasteiger partial charge in [0.05, 0.1) is 20.2 Å². The number of rotatable bonds is 5. The van der Waals surface area contributed by atoms with Gasteiger partial charge >= 0.3 is 6.09 Å². The number of nitrogens with one attached hydrogen (secondary N) is 1. The van der Waals surface area contributed by atoms with Crippen molar-refractivity contribution in [2.75, 3.05) is 25.1 Å². The van der Waals surface area contributed by atoms with Gasteiger partial charge in [0.25, 0.3) is 5.91 Å². The number of ether oxygens (including phenoxy) is 2. The van der Waals surface area contributed by atoms with Crippen LogP contribution in [-0.4, -0.2) is 38.3 Å². The van der Waals surface area contributed by atoms with Gasteiger partial charge in [-0.3, -0.25) is 9.69 Å². The minimum absolute atomic E-state index is 0.214. The van der Waals surface area contributed by atoms with Gasteiger partial charge < -0.3 is 14.8 Å². The summed E-state index contributed by atoms with van der Waals surface area (Å²) in [4.78, 5) is 26.0. The molecule has 0 aromatic heterocycles. The highest BCUT2D eigenvalue weighted by Crippen LogP contribution is 2.24. The minimum atomic E-state index is -0.390. The van der Waals surface area contributed by atoms with Crippen molar-refractivity contribution in [1.82, 2.24) is 5.32 Å². The van der Waals surface area contributed by atoms with Crippen LogP contribution in [0.25, 0.3) is 0 Å². The van der Waals surface area contributed by atoms with E-state index < -0.39 is 6.09 Å².